The maximum absolute atomic E-state index is 10.9. The first kappa shape index (κ1) is 6.57. The first-order chi connectivity index (χ1) is 4.62. The Morgan fingerprint density at radius 3 is 2.10 bits per heavy atom. The zero-order chi connectivity index (χ0) is 7.24. The molecule has 2 rings (SSSR count). The van der Waals surface area contributed by atoms with E-state index in [0.29, 0.717) is 12.3 Å². The Labute approximate surface area is 60.0 Å². The van der Waals surface area contributed by atoms with Crippen LogP contribution in [-0.2, 0) is 10.0 Å². The van der Waals surface area contributed by atoms with Gasteiger partial charge in [0, 0.05) is 25.0 Å². The van der Waals surface area contributed by atoms with Crippen molar-refractivity contribution in [2.45, 2.75) is 0 Å². The van der Waals surface area contributed by atoms with E-state index in [1.807, 2.05) is 0 Å². The fraction of sp³-hybridized carbons (Fsp3) is 1.00. The summed E-state index contributed by atoms with van der Waals surface area (Å²) in [6.07, 6.45) is 0. The van der Waals surface area contributed by atoms with Crippen molar-refractivity contribution in [2.75, 3.05) is 25.4 Å². The Hall–Kier alpha value is -0.130. The SMILES string of the molecule is O=S1(=O)CC2(CNC2)CN1. The van der Waals surface area contributed by atoms with Gasteiger partial charge in [0.05, 0.1) is 5.75 Å². The largest absolute Gasteiger partial charge is 0.315 e. The monoisotopic (exact) mass is 162 g/mol. The van der Waals surface area contributed by atoms with Gasteiger partial charge in [-0.2, -0.15) is 0 Å². The molecular formula is C5H10N2O2S. The molecule has 2 fully saturated rings. The summed E-state index contributed by atoms with van der Waals surface area (Å²) in [7, 11) is -2.90. The number of hydrogen-bond acceptors (Lipinski definition) is 3. The number of sulfonamides is 1. The highest BCUT2D eigenvalue weighted by Crippen LogP contribution is 2.27. The van der Waals surface area contributed by atoms with Crippen molar-refractivity contribution >= 4 is 10.0 Å². The lowest BCUT2D eigenvalue weighted by Gasteiger charge is -2.36. The summed E-state index contributed by atoms with van der Waals surface area (Å²) in [5.74, 6) is 0.312. The molecule has 0 aliphatic carbocycles. The molecule has 0 aromatic heterocycles. The number of nitrogens with one attached hydrogen (secondary N) is 2. The predicted octanol–water partition coefficient (Wildman–Crippen LogP) is -1.49. The highest BCUT2D eigenvalue weighted by atomic mass is 32.2. The van der Waals surface area contributed by atoms with Gasteiger partial charge in [0.1, 0.15) is 0 Å². The van der Waals surface area contributed by atoms with Gasteiger partial charge >= 0.3 is 0 Å². The van der Waals surface area contributed by atoms with Crippen molar-refractivity contribution in [1.29, 1.82) is 0 Å². The quantitative estimate of drug-likeness (QED) is 0.456. The maximum Gasteiger partial charge on any atom is 0.212 e. The average molecular weight is 162 g/mol. The second-order valence-electron chi connectivity index (χ2n) is 3.18. The van der Waals surface area contributed by atoms with Crippen molar-refractivity contribution < 1.29 is 8.42 Å². The van der Waals surface area contributed by atoms with Crippen LogP contribution in [0.1, 0.15) is 0 Å². The Kier molecular flexibility index (Phi) is 1.13. The molecule has 0 unspecified atom stereocenters. The van der Waals surface area contributed by atoms with E-state index in [2.05, 4.69) is 10.0 Å². The van der Waals surface area contributed by atoms with Crippen molar-refractivity contribution in [3.8, 4) is 0 Å². The smallest absolute Gasteiger partial charge is 0.212 e. The summed E-state index contributed by atoms with van der Waals surface area (Å²) >= 11 is 0. The lowest BCUT2D eigenvalue weighted by molar-refractivity contribution is 0.219. The minimum Gasteiger partial charge on any atom is -0.315 e. The molecule has 2 heterocycles. The second-order valence-corrected chi connectivity index (χ2v) is 4.99. The van der Waals surface area contributed by atoms with Gasteiger partial charge in [-0.1, -0.05) is 0 Å². The van der Waals surface area contributed by atoms with E-state index < -0.39 is 10.0 Å². The van der Waals surface area contributed by atoms with Crippen LogP contribution in [0.2, 0.25) is 0 Å². The van der Waals surface area contributed by atoms with E-state index in [1.54, 1.807) is 0 Å². The average Bonchev–Trinajstić information content (AvgIpc) is 2.04. The van der Waals surface area contributed by atoms with E-state index in [9.17, 15) is 8.42 Å². The van der Waals surface area contributed by atoms with Gasteiger partial charge in [0.2, 0.25) is 10.0 Å². The van der Waals surface area contributed by atoms with E-state index in [0.717, 1.165) is 13.1 Å². The third-order valence-corrected chi connectivity index (χ3v) is 3.74. The summed E-state index contributed by atoms with van der Waals surface area (Å²) < 4.78 is 24.3. The molecule has 2 aliphatic rings. The van der Waals surface area contributed by atoms with Crippen molar-refractivity contribution in [3.05, 3.63) is 0 Å². The van der Waals surface area contributed by atoms with E-state index in [4.69, 9.17) is 0 Å². The van der Waals surface area contributed by atoms with Crippen LogP contribution in [0.25, 0.3) is 0 Å². The fourth-order valence-corrected chi connectivity index (χ4v) is 3.21. The summed E-state index contributed by atoms with van der Waals surface area (Å²) in [5, 5.41) is 3.08. The number of hydrogen-bond donors (Lipinski definition) is 2. The molecule has 2 N–H and O–H groups in total. The normalized spacial score (nSPS) is 34.0. The number of rotatable bonds is 0. The lowest BCUT2D eigenvalue weighted by atomic mass is 9.84. The van der Waals surface area contributed by atoms with Crippen molar-refractivity contribution in [2.24, 2.45) is 5.41 Å². The Morgan fingerprint density at radius 2 is 1.90 bits per heavy atom. The van der Waals surface area contributed by atoms with E-state index in [-0.39, 0.29) is 5.41 Å². The lowest BCUT2D eigenvalue weighted by Crippen LogP contribution is -2.56. The fourth-order valence-electron chi connectivity index (χ4n) is 1.47. The summed E-state index contributed by atoms with van der Waals surface area (Å²) in [5.41, 5.74) is 0.0405. The van der Waals surface area contributed by atoms with Crippen LogP contribution in [0.5, 0.6) is 0 Å². The van der Waals surface area contributed by atoms with Gasteiger partial charge in [-0.25, -0.2) is 13.1 Å². The molecule has 4 nitrogen and oxygen atoms in total. The van der Waals surface area contributed by atoms with Crippen LogP contribution in [0.4, 0.5) is 0 Å². The highest BCUT2D eigenvalue weighted by Gasteiger charge is 2.46. The molecule has 1 spiro atoms. The van der Waals surface area contributed by atoms with E-state index in [1.165, 1.54) is 0 Å². The van der Waals surface area contributed by atoms with Crippen LogP contribution in [0, 0.1) is 5.41 Å². The first-order valence-electron chi connectivity index (χ1n) is 3.30. The molecule has 5 heteroatoms. The van der Waals surface area contributed by atoms with Gasteiger partial charge in [-0.3, -0.25) is 0 Å². The third kappa shape index (κ3) is 0.853. The molecule has 0 bridgehead atoms. The molecular weight excluding hydrogens is 152 g/mol. The van der Waals surface area contributed by atoms with Crippen LogP contribution in [0.3, 0.4) is 0 Å². The third-order valence-electron chi connectivity index (χ3n) is 2.16. The van der Waals surface area contributed by atoms with Gasteiger partial charge < -0.3 is 5.32 Å². The Bertz CT molecular complexity index is 242. The molecule has 0 aromatic carbocycles. The van der Waals surface area contributed by atoms with Crippen LogP contribution < -0.4 is 10.0 Å². The second kappa shape index (κ2) is 1.72. The molecule has 58 valence electrons. The molecule has 2 saturated heterocycles. The van der Waals surface area contributed by atoms with Crippen LogP contribution in [-0.4, -0.2) is 33.8 Å². The molecule has 0 saturated carbocycles. The summed E-state index contributed by atoms with van der Waals surface area (Å²) in [6, 6.07) is 0. The molecule has 0 aromatic rings. The first-order valence-corrected chi connectivity index (χ1v) is 4.95. The van der Waals surface area contributed by atoms with Crippen LogP contribution in [0.15, 0.2) is 0 Å². The van der Waals surface area contributed by atoms with Gasteiger partial charge in [0.15, 0.2) is 0 Å². The summed E-state index contributed by atoms with van der Waals surface area (Å²) in [4.78, 5) is 0. The van der Waals surface area contributed by atoms with Gasteiger partial charge in [0.25, 0.3) is 0 Å². The molecule has 10 heavy (non-hydrogen) atoms. The van der Waals surface area contributed by atoms with Crippen molar-refractivity contribution in [3.63, 3.8) is 0 Å². The zero-order valence-corrected chi connectivity index (χ0v) is 6.37. The standard InChI is InChI=1S/C5H10N2O2S/c8-10(9)4-5(3-7-10)1-6-2-5/h6-7H,1-4H2. The zero-order valence-electron chi connectivity index (χ0n) is 5.55. The van der Waals surface area contributed by atoms with Crippen molar-refractivity contribution in [1.82, 2.24) is 10.0 Å². The molecule has 2 aliphatic heterocycles. The molecule has 0 amide bonds. The molecule has 0 radical (unpaired) electrons. The predicted molar refractivity (Wildman–Crippen MR) is 37.1 cm³/mol. The van der Waals surface area contributed by atoms with Crippen LogP contribution >= 0.6 is 0 Å². The maximum atomic E-state index is 10.9. The van der Waals surface area contributed by atoms with E-state index >= 15 is 0 Å². The Morgan fingerprint density at radius 1 is 1.20 bits per heavy atom. The summed E-state index contributed by atoms with van der Waals surface area (Å²) in [6.45, 7) is 2.32. The Balaban J connectivity index is 2.19. The van der Waals surface area contributed by atoms with Gasteiger partial charge in [-0.15, -0.1) is 0 Å². The van der Waals surface area contributed by atoms with Gasteiger partial charge in [-0.05, 0) is 0 Å². The minimum atomic E-state index is -2.90. The minimum absolute atomic E-state index is 0.0405. The topological polar surface area (TPSA) is 58.2 Å². The highest BCUT2D eigenvalue weighted by molar-refractivity contribution is 7.89. The molecule has 0 atom stereocenters.